The van der Waals surface area contributed by atoms with Crippen molar-refractivity contribution >= 4 is 5.91 Å². The van der Waals surface area contributed by atoms with E-state index >= 15 is 0 Å². The Bertz CT molecular complexity index is 775. The number of rotatable bonds is 2. The van der Waals surface area contributed by atoms with E-state index in [1.165, 1.54) is 5.56 Å². The molecule has 1 aromatic heterocycles. The summed E-state index contributed by atoms with van der Waals surface area (Å²) in [5, 5.41) is 3.36. The first-order chi connectivity index (χ1) is 11.7. The van der Waals surface area contributed by atoms with Gasteiger partial charge in [0.2, 0.25) is 0 Å². The number of nitrogens with one attached hydrogen (secondary N) is 1. The third-order valence-corrected chi connectivity index (χ3v) is 4.66. The van der Waals surface area contributed by atoms with Crippen LogP contribution in [0.5, 0.6) is 5.75 Å². The van der Waals surface area contributed by atoms with Crippen molar-refractivity contribution in [2.75, 3.05) is 26.2 Å². The summed E-state index contributed by atoms with van der Waals surface area (Å²) in [5.74, 6) is 1.02. The minimum atomic E-state index is 0.0576. The van der Waals surface area contributed by atoms with Crippen LogP contribution < -0.4 is 10.1 Å². The summed E-state index contributed by atoms with van der Waals surface area (Å²) in [6.07, 6.45) is 4.41. The number of aromatic nitrogens is 1. The van der Waals surface area contributed by atoms with Crippen molar-refractivity contribution < 1.29 is 9.53 Å². The smallest absolute Gasteiger partial charge is 0.255 e. The monoisotopic (exact) mass is 323 g/mol. The lowest BCUT2D eigenvalue weighted by molar-refractivity contribution is 0.0708. The molecule has 0 aliphatic carbocycles. The molecule has 1 aromatic carbocycles. The highest BCUT2D eigenvalue weighted by atomic mass is 16.5. The number of carbonyl (C=O) groups excluding carboxylic acids is 1. The van der Waals surface area contributed by atoms with Crippen LogP contribution >= 0.6 is 0 Å². The fourth-order valence-electron chi connectivity index (χ4n) is 3.38. The molecular formula is C19H21N3O2. The first-order valence-electron chi connectivity index (χ1n) is 8.44. The van der Waals surface area contributed by atoms with Gasteiger partial charge in [0, 0.05) is 50.1 Å². The van der Waals surface area contributed by atoms with Crippen molar-refractivity contribution in [3.63, 3.8) is 0 Å². The van der Waals surface area contributed by atoms with Crippen LogP contribution in [0.4, 0.5) is 0 Å². The fourth-order valence-corrected chi connectivity index (χ4v) is 3.38. The molecule has 1 saturated heterocycles. The quantitative estimate of drug-likeness (QED) is 0.920. The maximum absolute atomic E-state index is 12.8. The van der Waals surface area contributed by atoms with Gasteiger partial charge in [0.15, 0.2) is 0 Å². The Morgan fingerprint density at radius 1 is 1.29 bits per heavy atom. The Kier molecular flexibility index (Phi) is 3.94. The van der Waals surface area contributed by atoms with Crippen LogP contribution in [0.15, 0.2) is 36.7 Å². The Morgan fingerprint density at radius 2 is 2.21 bits per heavy atom. The van der Waals surface area contributed by atoms with Gasteiger partial charge in [-0.2, -0.15) is 0 Å². The topological polar surface area (TPSA) is 54.5 Å². The number of pyridine rings is 1. The Morgan fingerprint density at radius 3 is 3.08 bits per heavy atom. The van der Waals surface area contributed by atoms with E-state index in [9.17, 15) is 4.79 Å². The summed E-state index contributed by atoms with van der Waals surface area (Å²) in [5.41, 5.74) is 3.92. The lowest BCUT2D eigenvalue weighted by Gasteiger charge is -2.31. The standard InChI is InChI=1S/C19H21N3O2/c1-13-12-22(6-5-21-13)19(23)17-9-16(10-20-11-17)14-2-3-18-15(8-14)4-7-24-18/h2-3,8-11,13,21H,4-7,12H2,1H3/t13-/m1/s1. The van der Waals surface area contributed by atoms with E-state index in [1.54, 1.807) is 6.20 Å². The van der Waals surface area contributed by atoms with Gasteiger partial charge in [-0.15, -0.1) is 0 Å². The molecule has 0 spiro atoms. The zero-order chi connectivity index (χ0) is 16.5. The lowest BCUT2D eigenvalue weighted by atomic mass is 10.0. The van der Waals surface area contributed by atoms with E-state index in [0.717, 1.165) is 49.5 Å². The van der Waals surface area contributed by atoms with Crippen LogP contribution in [-0.2, 0) is 6.42 Å². The summed E-state index contributed by atoms with van der Waals surface area (Å²) in [7, 11) is 0. The SMILES string of the molecule is C[C@@H]1CN(C(=O)c2cncc(-c3ccc4c(c3)CCO4)c2)CCN1. The van der Waals surface area contributed by atoms with Crippen LogP contribution in [0.3, 0.4) is 0 Å². The molecule has 2 aliphatic rings. The summed E-state index contributed by atoms with van der Waals surface area (Å²) in [4.78, 5) is 19.0. The number of carbonyl (C=O) groups is 1. The number of fused-ring (bicyclic) bond motifs is 1. The van der Waals surface area contributed by atoms with Gasteiger partial charge in [-0.3, -0.25) is 9.78 Å². The molecule has 1 amide bonds. The van der Waals surface area contributed by atoms with E-state index < -0.39 is 0 Å². The summed E-state index contributed by atoms with van der Waals surface area (Å²) < 4.78 is 5.56. The Balaban J connectivity index is 1.60. The zero-order valence-electron chi connectivity index (χ0n) is 13.8. The molecule has 0 bridgehead atoms. The average Bonchev–Trinajstić information content (AvgIpc) is 3.09. The van der Waals surface area contributed by atoms with E-state index in [2.05, 4.69) is 23.3 Å². The Hall–Kier alpha value is -2.40. The van der Waals surface area contributed by atoms with Crippen molar-refractivity contribution in [1.82, 2.24) is 15.2 Å². The molecule has 2 aliphatic heterocycles. The summed E-state index contributed by atoms with van der Waals surface area (Å²) >= 11 is 0. The summed E-state index contributed by atoms with van der Waals surface area (Å²) in [6.45, 7) is 5.16. The van der Waals surface area contributed by atoms with Gasteiger partial charge in [0.1, 0.15) is 5.75 Å². The van der Waals surface area contributed by atoms with Crippen molar-refractivity contribution in [2.45, 2.75) is 19.4 Å². The second kappa shape index (κ2) is 6.24. The van der Waals surface area contributed by atoms with Gasteiger partial charge < -0.3 is 15.0 Å². The zero-order valence-corrected chi connectivity index (χ0v) is 13.8. The van der Waals surface area contributed by atoms with E-state index in [-0.39, 0.29) is 5.91 Å². The van der Waals surface area contributed by atoms with Gasteiger partial charge in [0.25, 0.3) is 5.91 Å². The van der Waals surface area contributed by atoms with Crippen molar-refractivity contribution in [2.24, 2.45) is 0 Å². The van der Waals surface area contributed by atoms with Crippen molar-refractivity contribution in [1.29, 1.82) is 0 Å². The number of hydrogen-bond acceptors (Lipinski definition) is 4. The third-order valence-electron chi connectivity index (χ3n) is 4.66. The molecule has 1 atom stereocenters. The van der Waals surface area contributed by atoms with E-state index in [0.29, 0.717) is 11.6 Å². The van der Waals surface area contributed by atoms with Crippen molar-refractivity contribution in [3.8, 4) is 16.9 Å². The minimum absolute atomic E-state index is 0.0576. The maximum Gasteiger partial charge on any atom is 0.255 e. The molecule has 5 nitrogen and oxygen atoms in total. The van der Waals surface area contributed by atoms with Gasteiger partial charge in [-0.1, -0.05) is 6.07 Å². The molecule has 24 heavy (non-hydrogen) atoms. The van der Waals surface area contributed by atoms with Crippen LogP contribution in [0.25, 0.3) is 11.1 Å². The van der Waals surface area contributed by atoms with Gasteiger partial charge >= 0.3 is 0 Å². The maximum atomic E-state index is 12.8. The van der Waals surface area contributed by atoms with Crippen LogP contribution in [0.2, 0.25) is 0 Å². The second-order valence-electron chi connectivity index (χ2n) is 6.49. The lowest BCUT2D eigenvalue weighted by Crippen LogP contribution is -2.51. The number of benzene rings is 1. The van der Waals surface area contributed by atoms with Crippen LogP contribution in [0.1, 0.15) is 22.8 Å². The summed E-state index contributed by atoms with van der Waals surface area (Å²) in [6, 6.07) is 8.45. The number of ether oxygens (including phenoxy) is 1. The molecule has 124 valence electrons. The molecule has 5 heteroatoms. The molecule has 3 heterocycles. The predicted octanol–water partition coefficient (Wildman–Crippen LogP) is 2.12. The number of hydrogen-bond donors (Lipinski definition) is 1. The van der Waals surface area contributed by atoms with Gasteiger partial charge in [-0.05, 0) is 36.2 Å². The molecular weight excluding hydrogens is 302 g/mol. The van der Waals surface area contributed by atoms with Crippen LogP contribution in [0, 0.1) is 0 Å². The first kappa shape index (κ1) is 15.1. The average molecular weight is 323 g/mol. The highest BCUT2D eigenvalue weighted by Gasteiger charge is 2.22. The van der Waals surface area contributed by atoms with Crippen molar-refractivity contribution in [3.05, 3.63) is 47.8 Å². The van der Waals surface area contributed by atoms with Gasteiger partial charge in [0.05, 0.1) is 12.2 Å². The predicted molar refractivity (Wildman–Crippen MR) is 92.2 cm³/mol. The van der Waals surface area contributed by atoms with E-state index in [4.69, 9.17) is 4.74 Å². The van der Waals surface area contributed by atoms with Gasteiger partial charge in [-0.25, -0.2) is 0 Å². The number of nitrogens with zero attached hydrogens (tertiary/aromatic N) is 2. The number of amides is 1. The molecule has 2 aromatic rings. The molecule has 4 rings (SSSR count). The van der Waals surface area contributed by atoms with E-state index in [1.807, 2.05) is 29.3 Å². The molecule has 1 fully saturated rings. The fraction of sp³-hybridized carbons (Fsp3) is 0.368. The second-order valence-corrected chi connectivity index (χ2v) is 6.49. The highest BCUT2D eigenvalue weighted by molar-refractivity contribution is 5.95. The third kappa shape index (κ3) is 2.87. The first-order valence-corrected chi connectivity index (χ1v) is 8.44. The largest absolute Gasteiger partial charge is 0.493 e. The molecule has 1 N–H and O–H groups in total. The molecule has 0 saturated carbocycles. The molecule has 0 unspecified atom stereocenters. The Labute approximate surface area is 141 Å². The normalized spacial score (nSPS) is 19.7. The number of piperazine rings is 1. The minimum Gasteiger partial charge on any atom is -0.493 e. The van der Waals surface area contributed by atoms with Crippen LogP contribution in [-0.4, -0.2) is 48.1 Å². The highest BCUT2D eigenvalue weighted by Crippen LogP contribution is 2.30. The molecule has 0 radical (unpaired) electrons.